The number of nitrogens with zero attached hydrogens (tertiary/aromatic N) is 1. The summed E-state index contributed by atoms with van der Waals surface area (Å²) in [7, 11) is 3.08. The Morgan fingerprint density at radius 3 is 2.56 bits per heavy atom. The summed E-state index contributed by atoms with van der Waals surface area (Å²) < 4.78 is 10.3. The van der Waals surface area contributed by atoms with Crippen molar-refractivity contribution in [2.75, 3.05) is 14.2 Å². The molecule has 0 radical (unpaired) electrons. The minimum Gasteiger partial charge on any atom is -0.497 e. The largest absolute Gasteiger partial charge is 0.497 e. The average molecular weight is 243 g/mol. The van der Waals surface area contributed by atoms with Gasteiger partial charge in [-0.05, 0) is 30.3 Å². The molecule has 0 aliphatic heterocycles. The van der Waals surface area contributed by atoms with E-state index in [1.807, 2.05) is 0 Å². The number of methoxy groups -OCH3 is 2. The lowest BCUT2D eigenvalue weighted by atomic mass is 10.1. The fourth-order valence-electron chi connectivity index (χ4n) is 1.63. The Labute approximate surface area is 105 Å². The number of rotatable bonds is 4. The number of carbonyl (C=O) groups is 1. The second-order valence-electron chi connectivity index (χ2n) is 3.61. The molecule has 0 fully saturated rings. The molecule has 4 nitrogen and oxygen atoms in total. The summed E-state index contributed by atoms with van der Waals surface area (Å²) in [4.78, 5) is 16.3. The standard InChI is InChI=1S/C14H13NO3/c1-17-10-6-7-13(18-2)11(9-10)14(16)12-5-3-4-8-15-12/h3-9H,1-2H3. The summed E-state index contributed by atoms with van der Waals surface area (Å²) in [6.07, 6.45) is 1.58. The highest BCUT2D eigenvalue weighted by atomic mass is 16.5. The molecule has 0 spiro atoms. The van der Waals surface area contributed by atoms with Gasteiger partial charge in [0.2, 0.25) is 5.78 Å². The topological polar surface area (TPSA) is 48.4 Å². The van der Waals surface area contributed by atoms with Gasteiger partial charge in [0.25, 0.3) is 0 Å². The monoisotopic (exact) mass is 243 g/mol. The number of carbonyl (C=O) groups excluding carboxylic acids is 1. The highest BCUT2D eigenvalue weighted by Gasteiger charge is 2.16. The van der Waals surface area contributed by atoms with E-state index in [-0.39, 0.29) is 5.78 Å². The van der Waals surface area contributed by atoms with E-state index >= 15 is 0 Å². The highest BCUT2D eigenvalue weighted by molar-refractivity contribution is 6.09. The van der Waals surface area contributed by atoms with Gasteiger partial charge in [-0.25, -0.2) is 0 Å². The Kier molecular flexibility index (Phi) is 3.57. The normalized spacial score (nSPS) is 9.89. The van der Waals surface area contributed by atoms with Crippen molar-refractivity contribution in [2.24, 2.45) is 0 Å². The lowest BCUT2D eigenvalue weighted by Crippen LogP contribution is -2.06. The van der Waals surface area contributed by atoms with Gasteiger partial charge >= 0.3 is 0 Å². The third-order valence-corrected chi connectivity index (χ3v) is 2.55. The molecule has 92 valence electrons. The van der Waals surface area contributed by atoms with E-state index < -0.39 is 0 Å². The Morgan fingerprint density at radius 1 is 1.11 bits per heavy atom. The van der Waals surface area contributed by atoms with E-state index in [1.54, 1.807) is 49.7 Å². The van der Waals surface area contributed by atoms with Gasteiger partial charge in [-0.3, -0.25) is 9.78 Å². The van der Waals surface area contributed by atoms with Crippen molar-refractivity contribution in [3.63, 3.8) is 0 Å². The van der Waals surface area contributed by atoms with Gasteiger partial charge in [0.15, 0.2) is 0 Å². The Balaban J connectivity index is 2.46. The third-order valence-electron chi connectivity index (χ3n) is 2.55. The van der Waals surface area contributed by atoms with Crippen LogP contribution in [0.1, 0.15) is 16.1 Å². The summed E-state index contributed by atoms with van der Waals surface area (Å²) in [5, 5.41) is 0. The van der Waals surface area contributed by atoms with Crippen LogP contribution < -0.4 is 9.47 Å². The van der Waals surface area contributed by atoms with E-state index in [2.05, 4.69) is 4.98 Å². The summed E-state index contributed by atoms with van der Waals surface area (Å²) in [5.74, 6) is 0.924. The first-order valence-corrected chi connectivity index (χ1v) is 5.44. The zero-order valence-corrected chi connectivity index (χ0v) is 10.2. The predicted octanol–water partition coefficient (Wildman–Crippen LogP) is 2.33. The highest BCUT2D eigenvalue weighted by Crippen LogP contribution is 2.25. The van der Waals surface area contributed by atoms with Crippen LogP contribution in [0.2, 0.25) is 0 Å². The van der Waals surface area contributed by atoms with Crippen molar-refractivity contribution in [1.82, 2.24) is 4.98 Å². The summed E-state index contributed by atoms with van der Waals surface area (Å²) in [6.45, 7) is 0. The smallest absolute Gasteiger partial charge is 0.215 e. The molecule has 18 heavy (non-hydrogen) atoms. The van der Waals surface area contributed by atoms with Crippen LogP contribution in [0.15, 0.2) is 42.6 Å². The number of hydrogen-bond donors (Lipinski definition) is 0. The molecule has 1 aromatic carbocycles. The first-order chi connectivity index (χ1) is 8.76. The SMILES string of the molecule is COc1ccc(OC)c(C(=O)c2ccccn2)c1. The molecule has 1 aromatic heterocycles. The van der Waals surface area contributed by atoms with E-state index in [1.165, 1.54) is 7.11 Å². The maximum Gasteiger partial charge on any atom is 0.215 e. The van der Waals surface area contributed by atoms with Crippen molar-refractivity contribution in [1.29, 1.82) is 0 Å². The fourth-order valence-corrected chi connectivity index (χ4v) is 1.63. The maximum absolute atomic E-state index is 12.3. The van der Waals surface area contributed by atoms with Crippen LogP contribution in [0, 0.1) is 0 Å². The third kappa shape index (κ3) is 2.32. The van der Waals surface area contributed by atoms with Crippen LogP contribution in [0.5, 0.6) is 11.5 Å². The van der Waals surface area contributed by atoms with Gasteiger partial charge in [-0.15, -0.1) is 0 Å². The molecule has 0 bridgehead atoms. The maximum atomic E-state index is 12.3. The van der Waals surface area contributed by atoms with Crippen LogP contribution in [0.4, 0.5) is 0 Å². The van der Waals surface area contributed by atoms with E-state index in [9.17, 15) is 4.79 Å². The lowest BCUT2D eigenvalue weighted by Gasteiger charge is -2.09. The zero-order chi connectivity index (χ0) is 13.0. The molecule has 0 amide bonds. The van der Waals surface area contributed by atoms with E-state index in [4.69, 9.17) is 9.47 Å². The average Bonchev–Trinajstić information content (AvgIpc) is 2.46. The zero-order valence-electron chi connectivity index (χ0n) is 10.2. The van der Waals surface area contributed by atoms with Gasteiger partial charge in [-0.1, -0.05) is 6.07 Å². The van der Waals surface area contributed by atoms with Gasteiger partial charge < -0.3 is 9.47 Å². The molecule has 0 saturated carbocycles. The molecule has 2 aromatic rings. The molecule has 0 aliphatic rings. The molecular weight excluding hydrogens is 230 g/mol. The quantitative estimate of drug-likeness (QED) is 0.773. The molecule has 4 heteroatoms. The van der Waals surface area contributed by atoms with Crippen LogP contribution in [0.25, 0.3) is 0 Å². The molecular formula is C14H13NO3. The van der Waals surface area contributed by atoms with Crippen molar-refractivity contribution >= 4 is 5.78 Å². The number of ether oxygens (including phenoxy) is 2. The number of aromatic nitrogens is 1. The molecule has 0 N–H and O–H groups in total. The van der Waals surface area contributed by atoms with Gasteiger partial charge in [-0.2, -0.15) is 0 Å². The van der Waals surface area contributed by atoms with Crippen molar-refractivity contribution in [3.05, 3.63) is 53.9 Å². The van der Waals surface area contributed by atoms with Gasteiger partial charge in [0, 0.05) is 6.20 Å². The Bertz CT molecular complexity index is 552. The van der Waals surface area contributed by atoms with Gasteiger partial charge in [0.05, 0.1) is 19.8 Å². The molecule has 0 saturated heterocycles. The first-order valence-electron chi connectivity index (χ1n) is 5.44. The van der Waals surface area contributed by atoms with E-state index in [0.29, 0.717) is 22.8 Å². The summed E-state index contributed by atoms with van der Waals surface area (Å²) in [5.41, 5.74) is 0.819. The molecule has 2 rings (SSSR count). The number of benzene rings is 1. The number of ketones is 1. The van der Waals surface area contributed by atoms with Crippen molar-refractivity contribution in [2.45, 2.75) is 0 Å². The van der Waals surface area contributed by atoms with Crippen LogP contribution in [-0.4, -0.2) is 25.0 Å². The summed E-state index contributed by atoms with van der Waals surface area (Å²) >= 11 is 0. The fraction of sp³-hybridized carbons (Fsp3) is 0.143. The Morgan fingerprint density at radius 2 is 1.94 bits per heavy atom. The van der Waals surface area contributed by atoms with Crippen LogP contribution in [-0.2, 0) is 0 Å². The summed E-state index contributed by atoms with van der Waals surface area (Å²) in [6, 6.07) is 10.3. The molecule has 1 heterocycles. The molecule has 0 unspecified atom stereocenters. The lowest BCUT2D eigenvalue weighted by molar-refractivity contribution is 0.103. The number of hydrogen-bond acceptors (Lipinski definition) is 4. The number of pyridine rings is 1. The van der Waals surface area contributed by atoms with Crippen LogP contribution >= 0.6 is 0 Å². The van der Waals surface area contributed by atoms with Gasteiger partial charge in [0.1, 0.15) is 17.2 Å². The van der Waals surface area contributed by atoms with E-state index in [0.717, 1.165) is 0 Å². The minimum absolute atomic E-state index is 0.189. The van der Waals surface area contributed by atoms with Crippen molar-refractivity contribution < 1.29 is 14.3 Å². The second-order valence-corrected chi connectivity index (χ2v) is 3.61. The van der Waals surface area contributed by atoms with Crippen molar-refractivity contribution in [3.8, 4) is 11.5 Å². The second kappa shape index (κ2) is 5.31. The molecule has 0 atom stereocenters. The first kappa shape index (κ1) is 12.1. The minimum atomic E-state index is -0.189. The van der Waals surface area contributed by atoms with Crippen LogP contribution in [0.3, 0.4) is 0 Å². The predicted molar refractivity (Wildman–Crippen MR) is 67.2 cm³/mol. The molecule has 0 aliphatic carbocycles. The Hall–Kier alpha value is -2.36.